The first-order valence-corrected chi connectivity index (χ1v) is 11.1. The van der Waals surface area contributed by atoms with Gasteiger partial charge in [-0.2, -0.15) is 5.10 Å². The molecule has 1 aliphatic rings. The van der Waals surface area contributed by atoms with Crippen molar-refractivity contribution in [1.82, 2.24) is 19.7 Å². The van der Waals surface area contributed by atoms with Crippen LogP contribution in [0, 0.1) is 0 Å². The summed E-state index contributed by atoms with van der Waals surface area (Å²) in [4.78, 5) is 20.6. The third kappa shape index (κ3) is 4.42. The molecule has 0 unspecified atom stereocenters. The normalized spacial score (nSPS) is 14.3. The Hall–Kier alpha value is -3.98. The molecule has 0 bridgehead atoms. The summed E-state index contributed by atoms with van der Waals surface area (Å²) in [5.74, 6) is 0.490. The van der Waals surface area contributed by atoms with Gasteiger partial charge in [0.1, 0.15) is 17.3 Å². The van der Waals surface area contributed by atoms with E-state index in [-0.39, 0.29) is 11.6 Å². The Morgan fingerprint density at radius 1 is 1.15 bits per heavy atom. The number of anilines is 1. The number of carboxylic acid groups (broad SMARTS) is 1. The summed E-state index contributed by atoms with van der Waals surface area (Å²) in [6.07, 6.45) is 5.04. The monoisotopic (exact) mass is 459 g/mol. The molecule has 1 fully saturated rings. The van der Waals surface area contributed by atoms with Crippen molar-refractivity contribution in [2.45, 2.75) is 25.4 Å². The second-order valence-electron chi connectivity index (χ2n) is 8.17. The first-order chi connectivity index (χ1) is 16.6. The zero-order chi connectivity index (χ0) is 23.5. The number of ether oxygens (including phenoxy) is 2. The van der Waals surface area contributed by atoms with E-state index >= 15 is 0 Å². The lowest BCUT2D eigenvalue weighted by molar-refractivity contribution is 0.0696. The molecule has 5 rings (SSSR count). The van der Waals surface area contributed by atoms with Crippen molar-refractivity contribution in [1.29, 1.82) is 0 Å². The smallest absolute Gasteiger partial charge is 0.335 e. The van der Waals surface area contributed by atoms with Crippen molar-refractivity contribution in [3.8, 4) is 17.1 Å². The van der Waals surface area contributed by atoms with Crippen LogP contribution in [-0.2, 0) is 11.3 Å². The molecule has 0 spiro atoms. The van der Waals surface area contributed by atoms with Crippen LogP contribution in [0.15, 0.2) is 54.9 Å². The topological polar surface area (TPSA) is 111 Å². The van der Waals surface area contributed by atoms with E-state index < -0.39 is 5.97 Å². The molecule has 0 radical (unpaired) electrons. The largest absolute Gasteiger partial charge is 0.497 e. The highest BCUT2D eigenvalue weighted by atomic mass is 16.5. The molecule has 0 saturated carbocycles. The number of hydrogen-bond donors (Lipinski definition) is 2. The van der Waals surface area contributed by atoms with Crippen LogP contribution in [0.25, 0.3) is 22.3 Å². The predicted molar refractivity (Wildman–Crippen MR) is 127 cm³/mol. The lowest BCUT2D eigenvalue weighted by Crippen LogP contribution is -2.28. The van der Waals surface area contributed by atoms with Crippen LogP contribution in [0.1, 0.15) is 28.8 Å². The van der Waals surface area contributed by atoms with Gasteiger partial charge < -0.3 is 19.9 Å². The minimum Gasteiger partial charge on any atom is -0.497 e. The molecule has 2 N–H and O–H groups in total. The van der Waals surface area contributed by atoms with Crippen molar-refractivity contribution in [2.24, 2.45) is 0 Å². The van der Waals surface area contributed by atoms with Gasteiger partial charge in [0.2, 0.25) is 0 Å². The summed E-state index contributed by atoms with van der Waals surface area (Å²) in [5, 5.41) is 18.7. The molecule has 3 aromatic heterocycles. The second kappa shape index (κ2) is 9.48. The molecule has 34 heavy (non-hydrogen) atoms. The van der Waals surface area contributed by atoms with Crippen molar-refractivity contribution in [3.63, 3.8) is 0 Å². The molecule has 0 amide bonds. The average molecular weight is 460 g/mol. The van der Waals surface area contributed by atoms with Gasteiger partial charge in [0.25, 0.3) is 0 Å². The van der Waals surface area contributed by atoms with Crippen molar-refractivity contribution in [2.75, 3.05) is 25.6 Å². The van der Waals surface area contributed by atoms with Gasteiger partial charge >= 0.3 is 5.97 Å². The van der Waals surface area contributed by atoms with Crippen molar-refractivity contribution in [3.05, 3.63) is 66.0 Å². The van der Waals surface area contributed by atoms with E-state index in [0.717, 1.165) is 35.1 Å². The summed E-state index contributed by atoms with van der Waals surface area (Å²) >= 11 is 0. The minimum absolute atomic E-state index is 0.158. The van der Waals surface area contributed by atoms with E-state index in [1.807, 2.05) is 35.0 Å². The quantitative estimate of drug-likeness (QED) is 0.429. The number of methoxy groups -OCH3 is 1. The summed E-state index contributed by atoms with van der Waals surface area (Å²) in [6, 6.07) is 13.0. The molecule has 174 valence electrons. The number of carboxylic acids is 1. The van der Waals surface area contributed by atoms with E-state index in [2.05, 4.69) is 15.3 Å². The fraction of sp³-hybridized carbons (Fsp3) is 0.280. The molecule has 4 aromatic rings. The van der Waals surface area contributed by atoms with E-state index in [4.69, 9.17) is 14.6 Å². The number of benzene rings is 1. The Kier molecular flexibility index (Phi) is 6.09. The molecule has 4 heterocycles. The maximum atomic E-state index is 11.6. The number of pyridine rings is 2. The maximum Gasteiger partial charge on any atom is 0.335 e. The third-order valence-electron chi connectivity index (χ3n) is 5.97. The van der Waals surface area contributed by atoms with Crippen LogP contribution in [-0.4, -0.2) is 57.2 Å². The van der Waals surface area contributed by atoms with Crippen LogP contribution >= 0.6 is 0 Å². The molecule has 9 nitrogen and oxygen atoms in total. The van der Waals surface area contributed by atoms with Gasteiger partial charge in [0, 0.05) is 31.6 Å². The average Bonchev–Trinajstić information content (AvgIpc) is 3.24. The van der Waals surface area contributed by atoms with E-state index in [0.29, 0.717) is 37.0 Å². The molecule has 1 saturated heterocycles. The number of aromatic carboxylic acids is 1. The van der Waals surface area contributed by atoms with Gasteiger partial charge in [-0.3, -0.25) is 9.67 Å². The van der Waals surface area contributed by atoms with E-state index in [1.54, 1.807) is 19.4 Å². The van der Waals surface area contributed by atoms with Gasteiger partial charge in [-0.05, 0) is 48.7 Å². The van der Waals surface area contributed by atoms with E-state index in [9.17, 15) is 9.90 Å². The Morgan fingerprint density at radius 2 is 1.91 bits per heavy atom. The summed E-state index contributed by atoms with van der Waals surface area (Å²) < 4.78 is 12.7. The molecule has 0 aliphatic carbocycles. The highest BCUT2D eigenvalue weighted by molar-refractivity contribution is 6.01. The predicted octanol–water partition coefficient (Wildman–Crippen LogP) is 3.84. The standard InChI is InChI=1S/C25H25N5O4/c1-33-19-4-2-16(3-5-19)15-30-21-7-11-27-24(28-18-8-12-34-13-9-18)22(21)23(29-30)20-14-17(25(31)32)6-10-26-20/h2-7,10-11,14,18H,8-9,12-13,15H2,1H3,(H,27,28)(H,31,32). The van der Waals surface area contributed by atoms with Crippen LogP contribution in [0.5, 0.6) is 5.75 Å². The van der Waals surface area contributed by atoms with Crippen molar-refractivity contribution >= 4 is 22.7 Å². The zero-order valence-electron chi connectivity index (χ0n) is 18.8. The Balaban J connectivity index is 1.61. The Bertz CT molecular complexity index is 1310. The number of carbonyl (C=O) groups is 1. The molecule has 0 atom stereocenters. The molecular weight excluding hydrogens is 434 g/mol. The maximum absolute atomic E-state index is 11.6. The first kappa shape index (κ1) is 21.8. The van der Waals surface area contributed by atoms with Gasteiger partial charge in [-0.15, -0.1) is 0 Å². The molecular formula is C25H25N5O4. The number of nitrogens with zero attached hydrogens (tertiary/aromatic N) is 4. The van der Waals surface area contributed by atoms with E-state index in [1.165, 1.54) is 12.3 Å². The Labute approximate surface area is 196 Å². The lowest BCUT2D eigenvalue weighted by Gasteiger charge is -2.24. The van der Waals surface area contributed by atoms with Crippen molar-refractivity contribution < 1.29 is 19.4 Å². The van der Waals surface area contributed by atoms with Crippen LogP contribution < -0.4 is 10.1 Å². The summed E-state index contributed by atoms with van der Waals surface area (Å²) in [5.41, 5.74) is 3.18. The highest BCUT2D eigenvalue weighted by Gasteiger charge is 2.22. The lowest BCUT2D eigenvalue weighted by atomic mass is 10.1. The summed E-state index contributed by atoms with van der Waals surface area (Å²) in [7, 11) is 1.64. The SMILES string of the molecule is COc1ccc(Cn2nc(-c3cc(C(=O)O)ccn3)c3c(NC4CCOCC4)nccc32)cc1. The number of fused-ring (bicyclic) bond motifs is 1. The number of aromatic nitrogens is 4. The van der Waals surface area contributed by atoms with Gasteiger partial charge in [-0.25, -0.2) is 9.78 Å². The number of nitrogens with one attached hydrogen (secondary N) is 1. The van der Waals surface area contributed by atoms with Crippen LogP contribution in [0.4, 0.5) is 5.82 Å². The Morgan fingerprint density at radius 3 is 2.65 bits per heavy atom. The van der Waals surface area contributed by atoms with Gasteiger partial charge in [0.05, 0.1) is 35.8 Å². The molecule has 9 heteroatoms. The van der Waals surface area contributed by atoms with Crippen LogP contribution in [0.2, 0.25) is 0 Å². The highest BCUT2D eigenvalue weighted by Crippen LogP contribution is 2.33. The fourth-order valence-electron chi connectivity index (χ4n) is 4.17. The molecule has 1 aliphatic heterocycles. The zero-order valence-corrected chi connectivity index (χ0v) is 18.8. The second-order valence-corrected chi connectivity index (χ2v) is 8.17. The molecule has 1 aromatic carbocycles. The fourth-order valence-corrected chi connectivity index (χ4v) is 4.17. The van der Waals surface area contributed by atoms with Gasteiger partial charge in [-0.1, -0.05) is 12.1 Å². The third-order valence-corrected chi connectivity index (χ3v) is 5.97. The number of rotatable bonds is 7. The summed E-state index contributed by atoms with van der Waals surface area (Å²) in [6.45, 7) is 1.94. The van der Waals surface area contributed by atoms with Crippen LogP contribution in [0.3, 0.4) is 0 Å². The first-order valence-electron chi connectivity index (χ1n) is 11.1. The number of hydrogen-bond acceptors (Lipinski definition) is 7. The minimum atomic E-state index is -1.01. The van der Waals surface area contributed by atoms with Gasteiger partial charge in [0.15, 0.2) is 0 Å².